The van der Waals surface area contributed by atoms with Gasteiger partial charge in [0, 0.05) is 9.50 Å². The molecular formula is C9H5BrClN3O. The van der Waals surface area contributed by atoms with Gasteiger partial charge in [-0.25, -0.2) is 4.68 Å². The molecule has 76 valence electrons. The van der Waals surface area contributed by atoms with E-state index >= 15 is 0 Å². The number of aromatic nitrogens is 3. The van der Waals surface area contributed by atoms with Crippen molar-refractivity contribution in [1.82, 2.24) is 15.0 Å². The fourth-order valence-corrected chi connectivity index (χ4v) is 1.70. The standard InChI is InChI=1S/C9H5BrClN3O/c10-8-2-1-6(11)3-9(8)14-4-7(5-15)12-13-14/h1-5H. The Kier molecular flexibility index (Phi) is 2.83. The van der Waals surface area contributed by atoms with Crippen LogP contribution in [0.4, 0.5) is 0 Å². The van der Waals surface area contributed by atoms with Gasteiger partial charge in [-0.1, -0.05) is 16.8 Å². The molecule has 1 heterocycles. The zero-order chi connectivity index (χ0) is 10.8. The minimum absolute atomic E-state index is 0.280. The Labute approximate surface area is 99.0 Å². The summed E-state index contributed by atoms with van der Waals surface area (Å²) < 4.78 is 2.31. The van der Waals surface area contributed by atoms with Gasteiger partial charge >= 0.3 is 0 Å². The Morgan fingerprint density at radius 3 is 2.93 bits per heavy atom. The molecule has 0 saturated heterocycles. The highest BCUT2D eigenvalue weighted by molar-refractivity contribution is 9.10. The smallest absolute Gasteiger partial charge is 0.171 e. The van der Waals surface area contributed by atoms with Crippen molar-refractivity contribution in [2.75, 3.05) is 0 Å². The van der Waals surface area contributed by atoms with Crippen molar-refractivity contribution in [2.24, 2.45) is 0 Å². The summed E-state index contributed by atoms with van der Waals surface area (Å²) in [7, 11) is 0. The van der Waals surface area contributed by atoms with E-state index in [0.717, 1.165) is 10.2 Å². The van der Waals surface area contributed by atoms with E-state index in [1.54, 1.807) is 18.2 Å². The predicted molar refractivity (Wildman–Crippen MR) is 59.5 cm³/mol. The molecule has 0 saturated carbocycles. The molecule has 0 unspecified atom stereocenters. The van der Waals surface area contributed by atoms with Crippen LogP contribution < -0.4 is 0 Å². The molecule has 0 aliphatic carbocycles. The summed E-state index contributed by atoms with van der Waals surface area (Å²) in [5.74, 6) is 0. The number of carbonyl (C=O) groups is 1. The van der Waals surface area contributed by atoms with Crippen LogP contribution in [-0.2, 0) is 0 Å². The maximum absolute atomic E-state index is 10.4. The summed E-state index contributed by atoms with van der Waals surface area (Å²) in [4.78, 5) is 10.4. The number of hydrogen-bond donors (Lipinski definition) is 0. The van der Waals surface area contributed by atoms with Crippen molar-refractivity contribution in [3.8, 4) is 5.69 Å². The van der Waals surface area contributed by atoms with E-state index in [1.807, 2.05) is 0 Å². The van der Waals surface area contributed by atoms with Crippen molar-refractivity contribution in [2.45, 2.75) is 0 Å². The third-order valence-electron chi connectivity index (χ3n) is 1.79. The lowest BCUT2D eigenvalue weighted by Crippen LogP contribution is -1.95. The molecule has 0 atom stereocenters. The first-order chi connectivity index (χ1) is 7.20. The van der Waals surface area contributed by atoms with Crippen molar-refractivity contribution >= 4 is 33.8 Å². The van der Waals surface area contributed by atoms with Crippen LogP contribution in [0.25, 0.3) is 5.69 Å². The molecular weight excluding hydrogens is 281 g/mol. The van der Waals surface area contributed by atoms with Crippen LogP contribution in [0.15, 0.2) is 28.9 Å². The molecule has 6 heteroatoms. The van der Waals surface area contributed by atoms with Gasteiger partial charge in [0.15, 0.2) is 6.29 Å². The topological polar surface area (TPSA) is 47.8 Å². The predicted octanol–water partition coefficient (Wildman–Crippen LogP) is 2.50. The van der Waals surface area contributed by atoms with Crippen LogP contribution >= 0.6 is 27.5 Å². The van der Waals surface area contributed by atoms with Gasteiger partial charge < -0.3 is 0 Å². The lowest BCUT2D eigenvalue weighted by molar-refractivity contribution is 0.111. The van der Waals surface area contributed by atoms with Crippen LogP contribution in [0.1, 0.15) is 10.5 Å². The molecule has 2 rings (SSSR count). The summed E-state index contributed by atoms with van der Waals surface area (Å²) in [5.41, 5.74) is 1.02. The van der Waals surface area contributed by atoms with E-state index in [0.29, 0.717) is 11.3 Å². The molecule has 2 aromatic rings. The second-order valence-corrected chi connectivity index (χ2v) is 4.09. The summed E-state index contributed by atoms with van der Waals surface area (Å²) in [6.07, 6.45) is 2.17. The number of rotatable bonds is 2. The monoisotopic (exact) mass is 285 g/mol. The Hall–Kier alpha value is -1.20. The lowest BCUT2D eigenvalue weighted by Gasteiger charge is -2.03. The van der Waals surface area contributed by atoms with E-state index in [9.17, 15) is 4.79 Å². The number of hydrogen-bond acceptors (Lipinski definition) is 3. The van der Waals surface area contributed by atoms with Crippen molar-refractivity contribution in [3.05, 3.63) is 39.6 Å². The molecule has 15 heavy (non-hydrogen) atoms. The third kappa shape index (κ3) is 2.08. The van der Waals surface area contributed by atoms with E-state index in [1.165, 1.54) is 10.9 Å². The zero-order valence-corrected chi connectivity index (χ0v) is 9.73. The fourth-order valence-electron chi connectivity index (χ4n) is 1.11. The second kappa shape index (κ2) is 4.12. The van der Waals surface area contributed by atoms with Gasteiger partial charge in [0.25, 0.3) is 0 Å². The number of halogens is 2. The first-order valence-corrected chi connectivity index (χ1v) is 5.21. The number of benzene rings is 1. The molecule has 0 aliphatic rings. The van der Waals surface area contributed by atoms with E-state index in [2.05, 4.69) is 26.2 Å². The minimum Gasteiger partial charge on any atom is -0.296 e. The molecule has 0 aliphatic heterocycles. The molecule has 0 spiro atoms. The summed E-state index contributed by atoms with van der Waals surface area (Å²) in [5, 5.41) is 8.06. The summed E-state index contributed by atoms with van der Waals surface area (Å²) in [6.45, 7) is 0. The molecule has 1 aromatic heterocycles. The number of carbonyl (C=O) groups excluding carboxylic acids is 1. The van der Waals surface area contributed by atoms with Crippen LogP contribution in [0.5, 0.6) is 0 Å². The van der Waals surface area contributed by atoms with E-state index < -0.39 is 0 Å². The van der Waals surface area contributed by atoms with Crippen LogP contribution in [0, 0.1) is 0 Å². The Balaban J connectivity index is 2.52. The summed E-state index contributed by atoms with van der Waals surface area (Å²) in [6, 6.07) is 5.29. The average Bonchev–Trinajstić information content (AvgIpc) is 2.70. The lowest BCUT2D eigenvalue weighted by atomic mass is 10.3. The van der Waals surface area contributed by atoms with Gasteiger partial charge in [-0.3, -0.25) is 4.79 Å². The van der Waals surface area contributed by atoms with Crippen LogP contribution in [-0.4, -0.2) is 21.3 Å². The minimum atomic E-state index is 0.280. The van der Waals surface area contributed by atoms with Gasteiger partial charge in [-0.15, -0.1) is 5.10 Å². The Morgan fingerprint density at radius 2 is 2.27 bits per heavy atom. The second-order valence-electron chi connectivity index (χ2n) is 2.80. The normalized spacial score (nSPS) is 10.3. The Bertz CT molecular complexity index is 512. The molecule has 0 bridgehead atoms. The molecule has 1 aromatic carbocycles. The van der Waals surface area contributed by atoms with Crippen molar-refractivity contribution in [3.63, 3.8) is 0 Å². The highest BCUT2D eigenvalue weighted by Crippen LogP contribution is 2.23. The fraction of sp³-hybridized carbons (Fsp3) is 0. The van der Waals surface area contributed by atoms with Gasteiger partial charge in [0.05, 0.1) is 11.9 Å². The van der Waals surface area contributed by atoms with Crippen molar-refractivity contribution in [1.29, 1.82) is 0 Å². The third-order valence-corrected chi connectivity index (χ3v) is 2.69. The number of nitrogens with zero attached hydrogens (tertiary/aromatic N) is 3. The Morgan fingerprint density at radius 1 is 1.47 bits per heavy atom. The zero-order valence-electron chi connectivity index (χ0n) is 7.39. The molecule has 0 fully saturated rings. The van der Waals surface area contributed by atoms with Gasteiger partial charge in [0.1, 0.15) is 5.69 Å². The van der Waals surface area contributed by atoms with E-state index in [4.69, 9.17) is 11.6 Å². The summed E-state index contributed by atoms with van der Waals surface area (Å²) >= 11 is 9.22. The first kappa shape index (κ1) is 10.3. The maximum atomic E-state index is 10.4. The molecule has 0 radical (unpaired) electrons. The highest BCUT2D eigenvalue weighted by Gasteiger charge is 2.06. The van der Waals surface area contributed by atoms with Gasteiger partial charge in [-0.05, 0) is 34.1 Å². The maximum Gasteiger partial charge on any atom is 0.171 e. The molecule has 0 amide bonds. The van der Waals surface area contributed by atoms with Crippen LogP contribution in [0.2, 0.25) is 5.02 Å². The first-order valence-electron chi connectivity index (χ1n) is 4.03. The van der Waals surface area contributed by atoms with Gasteiger partial charge in [0.2, 0.25) is 0 Å². The quantitative estimate of drug-likeness (QED) is 0.797. The largest absolute Gasteiger partial charge is 0.296 e. The van der Waals surface area contributed by atoms with Gasteiger partial charge in [-0.2, -0.15) is 0 Å². The van der Waals surface area contributed by atoms with E-state index in [-0.39, 0.29) is 5.69 Å². The van der Waals surface area contributed by atoms with Crippen molar-refractivity contribution < 1.29 is 4.79 Å². The highest BCUT2D eigenvalue weighted by atomic mass is 79.9. The molecule has 4 nitrogen and oxygen atoms in total. The number of aldehydes is 1. The SMILES string of the molecule is O=Cc1cn(-c2cc(Cl)ccc2Br)nn1. The average molecular weight is 287 g/mol. The molecule has 0 N–H and O–H groups in total. The van der Waals surface area contributed by atoms with Crippen LogP contribution in [0.3, 0.4) is 0 Å².